The lowest BCUT2D eigenvalue weighted by atomic mass is 10.0. The molecule has 2 aliphatic heterocycles. The maximum Gasteiger partial charge on any atom is 0.122 e. The third-order valence-corrected chi connectivity index (χ3v) is 10.6. The molecule has 3 aromatic rings. The number of methoxy groups -OCH3 is 1. The van der Waals surface area contributed by atoms with Gasteiger partial charge >= 0.3 is 0 Å². The SMILES string of the molecule is COc1ccccc1CC[C@H]1CN(S2=c3sc(C(C)C)cc3=CNc3ccccc32)CCN1.Cl.Cl. The van der Waals surface area contributed by atoms with Gasteiger partial charge in [-0.15, -0.1) is 36.2 Å². The van der Waals surface area contributed by atoms with Crippen LogP contribution >= 0.6 is 46.8 Å². The quantitative estimate of drug-likeness (QED) is 0.353. The van der Waals surface area contributed by atoms with Crippen molar-refractivity contribution in [2.45, 2.75) is 43.5 Å². The lowest BCUT2D eigenvalue weighted by Gasteiger charge is -2.36. The van der Waals surface area contributed by atoms with Gasteiger partial charge in [-0.3, -0.25) is 0 Å². The zero-order valence-electron chi connectivity index (χ0n) is 20.5. The molecule has 1 saturated heterocycles. The summed E-state index contributed by atoms with van der Waals surface area (Å²) in [4.78, 5) is 2.88. The van der Waals surface area contributed by atoms with Gasteiger partial charge in [0.05, 0.1) is 16.6 Å². The standard InChI is InChI=1S/C27H33N3OS2.2ClH/c1-19(2)25-16-21-17-29-23-9-5-7-11-26(23)33(27(21)32-25)30-15-14-28-22(18-30)13-12-20-8-4-6-10-24(20)31-3;;/h4-11,16-17,19,22,28-29H,12-15,18H2,1-3H3;2*1H/t22-,33?;;/m0../s1. The van der Waals surface area contributed by atoms with Crippen molar-refractivity contribution < 1.29 is 4.74 Å². The van der Waals surface area contributed by atoms with E-state index >= 15 is 0 Å². The topological polar surface area (TPSA) is 36.5 Å². The second-order valence-corrected chi connectivity index (χ2v) is 12.3. The number of fused-ring (bicyclic) bond motifs is 2. The fraction of sp³-hybridized carbons (Fsp3) is 0.370. The Morgan fingerprint density at radius 2 is 1.89 bits per heavy atom. The van der Waals surface area contributed by atoms with Crippen molar-refractivity contribution in [3.8, 4) is 5.75 Å². The first-order valence-electron chi connectivity index (χ1n) is 11.8. The largest absolute Gasteiger partial charge is 0.496 e. The number of rotatable bonds is 6. The number of ether oxygens (including phenoxy) is 1. The Kier molecular flexibility index (Phi) is 10.1. The molecule has 3 heterocycles. The molecule has 1 aromatic heterocycles. The molecule has 1 fully saturated rings. The molecule has 2 N–H and O–H groups in total. The molecule has 2 aliphatic rings. The summed E-state index contributed by atoms with van der Waals surface area (Å²) in [6.07, 6.45) is 4.34. The highest BCUT2D eigenvalue weighted by atomic mass is 35.5. The number of benzene rings is 2. The molecule has 5 rings (SSSR count). The van der Waals surface area contributed by atoms with Crippen LogP contribution in [-0.2, 0) is 6.42 Å². The Bertz CT molecular complexity index is 1260. The molecule has 2 atom stereocenters. The number of para-hydroxylation sites is 2. The summed E-state index contributed by atoms with van der Waals surface area (Å²) in [5.41, 5.74) is 2.53. The van der Waals surface area contributed by atoms with E-state index in [1.165, 1.54) is 30.1 Å². The normalized spacial score (nSPS) is 19.2. The fourth-order valence-electron chi connectivity index (χ4n) is 4.60. The van der Waals surface area contributed by atoms with Crippen molar-refractivity contribution in [2.75, 3.05) is 32.1 Å². The van der Waals surface area contributed by atoms with Gasteiger partial charge in [0.2, 0.25) is 0 Å². The molecule has 1 unspecified atom stereocenters. The van der Waals surface area contributed by atoms with Crippen LogP contribution in [0.1, 0.15) is 36.6 Å². The van der Waals surface area contributed by atoms with Crippen LogP contribution in [0.5, 0.6) is 5.75 Å². The molecule has 0 radical (unpaired) electrons. The minimum Gasteiger partial charge on any atom is -0.496 e. The van der Waals surface area contributed by atoms with Crippen LogP contribution < -0.4 is 20.6 Å². The maximum atomic E-state index is 5.58. The van der Waals surface area contributed by atoms with E-state index in [2.05, 4.69) is 83.5 Å². The van der Waals surface area contributed by atoms with Crippen molar-refractivity contribution >= 4 is 58.7 Å². The summed E-state index contributed by atoms with van der Waals surface area (Å²) in [7, 11) is 1.69. The molecule has 0 amide bonds. The van der Waals surface area contributed by atoms with Gasteiger partial charge in [-0.25, -0.2) is 4.31 Å². The molecule has 35 heavy (non-hydrogen) atoms. The van der Waals surface area contributed by atoms with E-state index in [1.54, 1.807) is 7.11 Å². The number of thiophene rings is 1. The second kappa shape index (κ2) is 12.6. The van der Waals surface area contributed by atoms with Gasteiger partial charge in [-0.2, -0.15) is 0 Å². The first-order valence-corrected chi connectivity index (χ1v) is 13.8. The van der Waals surface area contributed by atoms with Gasteiger partial charge in [-0.05, 0) is 48.6 Å². The smallest absolute Gasteiger partial charge is 0.122 e. The number of halogens is 2. The monoisotopic (exact) mass is 551 g/mol. The highest BCUT2D eigenvalue weighted by Gasteiger charge is 2.25. The van der Waals surface area contributed by atoms with Gasteiger partial charge in [0.25, 0.3) is 0 Å². The van der Waals surface area contributed by atoms with Crippen LogP contribution in [0.25, 0.3) is 6.20 Å². The van der Waals surface area contributed by atoms with E-state index in [4.69, 9.17) is 4.74 Å². The molecule has 4 nitrogen and oxygen atoms in total. The van der Waals surface area contributed by atoms with Crippen LogP contribution in [0.15, 0.2) is 59.5 Å². The highest BCUT2D eigenvalue weighted by molar-refractivity contribution is 8.08. The Balaban J connectivity index is 0.00000171. The van der Waals surface area contributed by atoms with E-state index in [0.29, 0.717) is 12.0 Å². The molecule has 8 heteroatoms. The second-order valence-electron chi connectivity index (χ2n) is 9.01. The first-order chi connectivity index (χ1) is 16.1. The lowest BCUT2D eigenvalue weighted by Crippen LogP contribution is -2.48. The molecule has 2 aromatic carbocycles. The number of hydrogen-bond acceptors (Lipinski definition) is 5. The van der Waals surface area contributed by atoms with E-state index in [9.17, 15) is 0 Å². The predicted octanol–water partition coefficient (Wildman–Crippen LogP) is 6.29. The van der Waals surface area contributed by atoms with Crippen LogP contribution in [0.4, 0.5) is 5.69 Å². The number of piperazine rings is 1. The molecule has 190 valence electrons. The van der Waals surface area contributed by atoms with Gasteiger partial charge in [0.15, 0.2) is 0 Å². The number of aryl methyl sites for hydroxylation is 1. The Morgan fingerprint density at radius 3 is 2.69 bits per heavy atom. The van der Waals surface area contributed by atoms with Crippen LogP contribution in [0, 0.1) is 3.82 Å². The zero-order valence-corrected chi connectivity index (χ0v) is 23.7. The highest BCUT2D eigenvalue weighted by Crippen LogP contribution is 2.42. The molecule has 0 saturated carbocycles. The van der Waals surface area contributed by atoms with E-state index in [1.807, 2.05) is 17.4 Å². The fourth-order valence-corrected chi connectivity index (χ4v) is 8.86. The van der Waals surface area contributed by atoms with Crippen molar-refractivity contribution in [1.29, 1.82) is 0 Å². The number of nitrogens with one attached hydrogen (secondary N) is 2. The third kappa shape index (κ3) is 6.07. The summed E-state index contributed by atoms with van der Waals surface area (Å²) in [5.74, 6) is 1.54. The van der Waals surface area contributed by atoms with Gasteiger partial charge in [-0.1, -0.05) is 54.8 Å². The average molecular weight is 553 g/mol. The molecule has 0 aliphatic carbocycles. The number of nitrogens with zero attached hydrogens (tertiary/aromatic N) is 1. The zero-order chi connectivity index (χ0) is 22.8. The van der Waals surface area contributed by atoms with Crippen LogP contribution in [0.2, 0.25) is 0 Å². The molecule has 0 spiro atoms. The first kappa shape index (κ1) is 28.0. The summed E-state index contributed by atoms with van der Waals surface area (Å²) >= 11 is 2.00. The Morgan fingerprint density at radius 1 is 1.11 bits per heavy atom. The Labute approximate surface area is 227 Å². The van der Waals surface area contributed by atoms with Crippen molar-refractivity contribution in [3.05, 3.63) is 74.1 Å². The van der Waals surface area contributed by atoms with Gasteiger partial charge in [0.1, 0.15) is 5.75 Å². The summed E-state index contributed by atoms with van der Waals surface area (Å²) in [5, 5.41) is 8.74. The van der Waals surface area contributed by atoms with Gasteiger partial charge in [0, 0.05) is 46.9 Å². The van der Waals surface area contributed by atoms with Crippen LogP contribution in [0.3, 0.4) is 0 Å². The van der Waals surface area contributed by atoms with Crippen molar-refractivity contribution in [3.63, 3.8) is 0 Å². The van der Waals surface area contributed by atoms with Gasteiger partial charge < -0.3 is 15.4 Å². The van der Waals surface area contributed by atoms with E-state index in [-0.39, 0.29) is 35.5 Å². The summed E-state index contributed by atoms with van der Waals surface area (Å²) in [6, 6.07) is 20.1. The molecule has 0 bridgehead atoms. The lowest BCUT2D eigenvalue weighted by molar-refractivity contribution is 0.307. The summed E-state index contributed by atoms with van der Waals surface area (Å²) in [6.45, 7) is 7.74. The average Bonchev–Trinajstić information content (AvgIpc) is 3.20. The van der Waals surface area contributed by atoms with E-state index < -0.39 is 0 Å². The molecular weight excluding hydrogens is 517 g/mol. The maximum absolute atomic E-state index is 5.58. The van der Waals surface area contributed by atoms with Crippen LogP contribution in [-0.4, -0.2) is 37.1 Å². The third-order valence-electron chi connectivity index (χ3n) is 6.40. The van der Waals surface area contributed by atoms with Crippen molar-refractivity contribution in [2.24, 2.45) is 0 Å². The number of anilines is 1. The van der Waals surface area contributed by atoms with E-state index in [0.717, 1.165) is 38.2 Å². The minimum atomic E-state index is -0.0754. The predicted molar refractivity (Wildman–Crippen MR) is 156 cm³/mol. The van der Waals surface area contributed by atoms with Crippen molar-refractivity contribution in [1.82, 2.24) is 9.62 Å². The Hall–Kier alpha value is -1.54. The number of hydrogen-bond donors (Lipinski definition) is 2. The minimum absolute atomic E-state index is 0. The molecular formula is C27H35Cl2N3OS2. The summed E-state index contributed by atoms with van der Waals surface area (Å²) < 4.78 is 9.80.